The Bertz CT molecular complexity index is 3230. The fourth-order valence-electron chi connectivity index (χ4n) is 14.9. The van der Waals surface area contributed by atoms with E-state index in [2.05, 4.69) is 92.8 Å². The maximum absolute atomic E-state index is 7.54. The first-order chi connectivity index (χ1) is 53.5. The molecule has 8 atom stereocenters. The van der Waals surface area contributed by atoms with Gasteiger partial charge in [0, 0.05) is 6.20 Å². The molecule has 1 aromatic heterocycles. The predicted octanol–water partition coefficient (Wildman–Crippen LogP) is 24.3. The average molecular weight is 1480 g/mol. The lowest BCUT2D eigenvalue weighted by Gasteiger charge is -2.46. The van der Waals surface area contributed by atoms with Crippen LogP contribution < -0.4 is 9.47 Å². The fraction of sp³-hybridized carbons (Fsp3) is 0.600. The quantitative estimate of drug-likeness (QED) is 0.0337. The zero-order chi connectivity index (χ0) is 75.2. The Kier molecular flexibility index (Phi) is 45.3. The SMILES string of the molecule is CCCCCCCCCCCCCCCCCCCCCCCCCc1cn([C@@H](CO[C@H]2OC(COCc3ccccc3)[C@H](OCc3ccccc3)[C@H](OCc3ccccc3)[C@H]2OCc2ccccc2)[C@H](OCc2ccc(OC)cc2)[C@@H](CCCCCCCCCCCCCC)OCc2ccc(OC)cc2)nn1. The van der Waals surface area contributed by atoms with E-state index in [4.69, 9.17) is 57.7 Å². The Labute approximate surface area is 653 Å². The molecule has 1 fully saturated rings. The Morgan fingerprint density at radius 3 is 1.14 bits per heavy atom. The minimum absolute atomic E-state index is 0.0881. The van der Waals surface area contributed by atoms with E-state index in [-0.39, 0.29) is 19.8 Å². The van der Waals surface area contributed by atoms with Crippen molar-refractivity contribution in [3.8, 4) is 11.5 Å². The zero-order valence-corrected chi connectivity index (χ0v) is 67.1. The Balaban J connectivity index is 1.03. The molecule has 7 aromatic rings. The van der Waals surface area contributed by atoms with Gasteiger partial charge in [0.25, 0.3) is 0 Å². The van der Waals surface area contributed by atoms with Gasteiger partial charge >= 0.3 is 0 Å². The van der Waals surface area contributed by atoms with Gasteiger partial charge in [-0.05, 0) is 76.9 Å². The number of unbranched alkanes of at least 4 members (excludes halogenated alkanes) is 33. The van der Waals surface area contributed by atoms with Crippen molar-refractivity contribution in [1.82, 2.24) is 15.0 Å². The molecule has 0 aliphatic carbocycles. The summed E-state index contributed by atoms with van der Waals surface area (Å²) in [6.07, 6.45) is 45.2. The summed E-state index contributed by atoms with van der Waals surface area (Å²) < 4.78 is 71.3. The van der Waals surface area contributed by atoms with Crippen molar-refractivity contribution in [3.63, 3.8) is 0 Å². The maximum atomic E-state index is 7.54. The monoisotopic (exact) mass is 1480 g/mol. The maximum Gasteiger partial charge on any atom is 0.187 e. The molecule has 108 heavy (non-hydrogen) atoms. The molecule has 13 nitrogen and oxygen atoms in total. The molecule has 0 spiro atoms. The topological polar surface area (TPSA) is 123 Å². The summed E-state index contributed by atoms with van der Waals surface area (Å²) in [6.45, 7) is 6.78. The van der Waals surface area contributed by atoms with Gasteiger partial charge in [0.1, 0.15) is 48.1 Å². The van der Waals surface area contributed by atoms with Crippen LogP contribution in [-0.4, -0.2) is 85.3 Å². The van der Waals surface area contributed by atoms with Crippen molar-refractivity contribution in [2.24, 2.45) is 0 Å². The van der Waals surface area contributed by atoms with E-state index in [0.29, 0.717) is 33.0 Å². The lowest BCUT2D eigenvalue weighted by Crippen LogP contribution is -2.62. The number of benzene rings is 6. The van der Waals surface area contributed by atoms with E-state index < -0.39 is 49.0 Å². The molecule has 0 bridgehead atoms. The van der Waals surface area contributed by atoms with Crippen molar-refractivity contribution in [1.29, 1.82) is 0 Å². The van der Waals surface area contributed by atoms with Gasteiger partial charge in [-0.1, -0.05) is 383 Å². The van der Waals surface area contributed by atoms with E-state index in [9.17, 15) is 0 Å². The third-order valence-corrected chi connectivity index (χ3v) is 21.5. The van der Waals surface area contributed by atoms with E-state index >= 15 is 0 Å². The molecule has 1 saturated heterocycles. The summed E-state index contributed by atoms with van der Waals surface area (Å²) in [5, 5.41) is 10.1. The summed E-state index contributed by atoms with van der Waals surface area (Å²) in [4.78, 5) is 0. The molecule has 594 valence electrons. The van der Waals surface area contributed by atoms with Gasteiger partial charge in [-0.25, -0.2) is 4.68 Å². The van der Waals surface area contributed by atoms with Crippen LogP contribution in [0.1, 0.15) is 290 Å². The van der Waals surface area contributed by atoms with Crippen molar-refractivity contribution < 1.29 is 47.4 Å². The number of ether oxygens (including phenoxy) is 10. The van der Waals surface area contributed by atoms with E-state index in [0.717, 1.165) is 89.1 Å². The van der Waals surface area contributed by atoms with E-state index in [1.54, 1.807) is 14.2 Å². The van der Waals surface area contributed by atoms with Crippen LogP contribution in [0.5, 0.6) is 11.5 Å². The smallest absolute Gasteiger partial charge is 0.187 e. The highest BCUT2D eigenvalue weighted by Gasteiger charge is 2.50. The fourth-order valence-corrected chi connectivity index (χ4v) is 14.9. The molecule has 0 N–H and O–H groups in total. The van der Waals surface area contributed by atoms with Crippen molar-refractivity contribution in [2.45, 2.75) is 340 Å². The third kappa shape index (κ3) is 35.4. The van der Waals surface area contributed by atoms with E-state index in [1.807, 2.05) is 102 Å². The normalized spacial score (nSPS) is 16.7. The third-order valence-electron chi connectivity index (χ3n) is 21.5. The van der Waals surface area contributed by atoms with Crippen LogP contribution in [0.3, 0.4) is 0 Å². The average Bonchev–Trinajstić information content (AvgIpc) is 1.03. The molecule has 2 heterocycles. The zero-order valence-electron chi connectivity index (χ0n) is 67.1. The van der Waals surface area contributed by atoms with Gasteiger partial charge in [-0.2, -0.15) is 0 Å². The van der Waals surface area contributed by atoms with Crippen LogP contribution in [0.4, 0.5) is 0 Å². The number of aromatic nitrogens is 3. The highest BCUT2D eigenvalue weighted by atomic mass is 16.7. The first-order valence-electron chi connectivity index (χ1n) is 42.7. The van der Waals surface area contributed by atoms with Gasteiger partial charge in [0.15, 0.2) is 6.29 Å². The van der Waals surface area contributed by atoms with Crippen LogP contribution in [0.15, 0.2) is 176 Å². The van der Waals surface area contributed by atoms with Gasteiger partial charge in [0.2, 0.25) is 0 Å². The summed E-state index contributed by atoms with van der Waals surface area (Å²) in [5.74, 6) is 1.58. The summed E-state index contributed by atoms with van der Waals surface area (Å²) >= 11 is 0. The summed E-state index contributed by atoms with van der Waals surface area (Å²) in [5.41, 5.74) is 7.08. The molecule has 0 amide bonds. The van der Waals surface area contributed by atoms with Crippen LogP contribution in [0.25, 0.3) is 0 Å². The first kappa shape index (κ1) is 87.3. The first-order valence-corrected chi connectivity index (χ1v) is 42.7. The van der Waals surface area contributed by atoms with Crippen molar-refractivity contribution >= 4 is 0 Å². The Morgan fingerprint density at radius 2 is 0.722 bits per heavy atom. The standard InChI is InChI=1S/C95H139N3O10/c1-5-7-9-11-13-15-17-19-20-21-22-23-24-25-26-27-28-29-30-32-34-36-50-60-85-70-98(97-96-85)88(91(103-76-84-64-68-87(100-4)69-65-84)89(102-72-83-62-66-86(99-3)67-63-83)61-51-37-35-33-31-18-16-14-12-10-8-6-2)77-107-95-94(106-75-82-58-48-41-49-59-82)93(105-74-81-56-46-40-47-57-81)92(104-73-80-54-44-39-45-55-80)90(108-95)78-101-71-79-52-42-38-43-53-79/h38-49,52-59,62-70,88-95H,5-37,50-51,60-61,71-78H2,1-4H3/t88-,89+,90?,91-,92-,93-,94+,95-/m0/s1. The second kappa shape index (κ2) is 56.0. The lowest BCUT2D eigenvalue weighted by atomic mass is 9.97. The highest BCUT2D eigenvalue weighted by molar-refractivity contribution is 5.28. The number of hydrogen-bond acceptors (Lipinski definition) is 12. The molecule has 0 saturated carbocycles. The van der Waals surface area contributed by atoms with Gasteiger partial charge in [-0.15, -0.1) is 5.10 Å². The predicted molar refractivity (Wildman–Crippen MR) is 439 cm³/mol. The minimum atomic E-state index is -0.993. The number of rotatable bonds is 64. The van der Waals surface area contributed by atoms with Gasteiger partial charge < -0.3 is 47.4 Å². The molecule has 0 radical (unpaired) electrons. The second-order valence-corrected chi connectivity index (χ2v) is 30.4. The van der Waals surface area contributed by atoms with E-state index in [1.165, 1.54) is 199 Å². The van der Waals surface area contributed by atoms with Crippen LogP contribution in [0, 0.1) is 0 Å². The minimum Gasteiger partial charge on any atom is -0.497 e. The number of aryl methyl sites for hydroxylation is 1. The molecular formula is C95H139N3O10. The van der Waals surface area contributed by atoms with Crippen LogP contribution in [-0.2, 0) is 84.0 Å². The van der Waals surface area contributed by atoms with Crippen LogP contribution in [0.2, 0.25) is 0 Å². The number of hydrogen-bond donors (Lipinski definition) is 0. The Morgan fingerprint density at radius 1 is 0.361 bits per heavy atom. The summed E-state index contributed by atoms with van der Waals surface area (Å²) in [7, 11) is 3.40. The molecule has 13 heteroatoms. The Hall–Kier alpha value is -6.26. The highest BCUT2D eigenvalue weighted by Crippen LogP contribution is 2.35. The molecular weight excluding hydrogens is 1340 g/mol. The van der Waals surface area contributed by atoms with Crippen molar-refractivity contribution in [3.05, 3.63) is 215 Å². The lowest BCUT2D eigenvalue weighted by molar-refractivity contribution is -0.331. The number of methoxy groups -OCH3 is 2. The number of nitrogens with zero attached hydrogens (tertiary/aromatic N) is 3. The molecule has 1 unspecified atom stereocenters. The molecule has 8 rings (SSSR count). The summed E-state index contributed by atoms with van der Waals surface area (Å²) in [6, 6.07) is 56.8. The largest absolute Gasteiger partial charge is 0.497 e. The second-order valence-electron chi connectivity index (χ2n) is 30.4. The van der Waals surface area contributed by atoms with Gasteiger partial charge in [-0.3, -0.25) is 0 Å². The molecule has 1 aliphatic heterocycles. The van der Waals surface area contributed by atoms with Crippen LogP contribution >= 0.6 is 0 Å². The molecule has 6 aromatic carbocycles. The van der Waals surface area contributed by atoms with Crippen molar-refractivity contribution in [2.75, 3.05) is 27.4 Å². The van der Waals surface area contributed by atoms with Gasteiger partial charge in [0.05, 0.1) is 78.9 Å². The molecule has 1 aliphatic rings.